The summed E-state index contributed by atoms with van der Waals surface area (Å²) in [5, 5.41) is 4.92. The zero-order chi connectivity index (χ0) is 44.4. The molecular formula is C62H46N4. The van der Waals surface area contributed by atoms with Crippen LogP contribution in [-0.2, 0) is 5.41 Å². The quantitative estimate of drug-likeness (QED) is 0.160. The van der Waals surface area contributed by atoms with Crippen LogP contribution in [-0.4, -0.2) is 19.1 Å². The monoisotopic (exact) mass is 846 g/mol. The van der Waals surface area contributed by atoms with Gasteiger partial charge in [0.2, 0.25) is 0 Å². The molecule has 4 nitrogen and oxygen atoms in total. The third-order valence-corrected chi connectivity index (χ3v) is 13.1. The number of aromatic nitrogens is 4. The Hall–Kier alpha value is -8.34. The lowest BCUT2D eigenvalue weighted by molar-refractivity contribution is 0.591. The van der Waals surface area contributed by atoms with E-state index in [1.807, 2.05) is 24.3 Å². The third-order valence-electron chi connectivity index (χ3n) is 13.1. The molecular weight excluding hydrogens is 801 g/mol. The molecule has 0 amide bonds. The van der Waals surface area contributed by atoms with Crippen LogP contribution in [0.2, 0.25) is 0 Å². The standard InChI is InChI=1S/C62H46N4/c1-62(2,3)46-32-34-58-52(38-46)53-39-47(65-56-30-18-16-28-48(56)49-29-17-19-31-57(49)65)33-35-59(53)66(58)60-50(41-20-8-4-9-21-41)36-45(37-51(60)42-22-10-5-11-23-42)55-40-54(43-24-12-6-13-25-43)63-61(64-55)44-26-14-7-15-27-44/h4-40H,1-3H3. The second-order valence-corrected chi connectivity index (χ2v) is 18.2. The number of benzene rings is 9. The molecule has 0 spiro atoms. The van der Waals surface area contributed by atoms with Gasteiger partial charge >= 0.3 is 0 Å². The van der Waals surface area contributed by atoms with Gasteiger partial charge in [-0.15, -0.1) is 0 Å². The average molecular weight is 847 g/mol. The summed E-state index contributed by atoms with van der Waals surface area (Å²) < 4.78 is 4.95. The van der Waals surface area contributed by atoms with E-state index in [9.17, 15) is 0 Å². The molecule has 0 aliphatic carbocycles. The molecule has 314 valence electrons. The van der Waals surface area contributed by atoms with Crippen LogP contribution in [0.25, 0.3) is 111 Å². The van der Waals surface area contributed by atoms with E-state index in [0.29, 0.717) is 5.82 Å². The van der Waals surface area contributed by atoms with Crippen molar-refractivity contribution in [1.82, 2.24) is 19.1 Å². The van der Waals surface area contributed by atoms with Crippen LogP contribution in [0.5, 0.6) is 0 Å². The molecule has 0 N–H and O–H groups in total. The summed E-state index contributed by atoms with van der Waals surface area (Å²) in [4.78, 5) is 10.5. The van der Waals surface area contributed by atoms with Gasteiger partial charge in [0.25, 0.3) is 0 Å². The molecule has 12 rings (SSSR count). The number of para-hydroxylation sites is 2. The molecule has 66 heavy (non-hydrogen) atoms. The first kappa shape index (κ1) is 39.3. The molecule has 9 aromatic carbocycles. The lowest BCUT2D eigenvalue weighted by Gasteiger charge is -2.22. The minimum atomic E-state index is -0.0478. The molecule has 0 atom stereocenters. The van der Waals surface area contributed by atoms with Crippen molar-refractivity contribution in [1.29, 1.82) is 0 Å². The van der Waals surface area contributed by atoms with E-state index in [2.05, 4.69) is 230 Å². The van der Waals surface area contributed by atoms with Gasteiger partial charge < -0.3 is 9.13 Å². The van der Waals surface area contributed by atoms with Crippen molar-refractivity contribution in [3.8, 4) is 67.5 Å². The Kier molecular flexibility index (Phi) is 9.35. The highest BCUT2D eigenvalue weighted by Gasteiger charge is 2.25. The first-order valence-electron chi connectivity index (χ1n) is 22.7. The van der Waals surface area contributed by atoms with E-state index in [0.717, 1.165) is 72.7 Å². The Morgan fingerprint density at radius 3 is 1.32 bits per heavy atom. The smallest absolute Gasteiger partial charge is 0.160 e. The van der Waals surface area contributed by atoms with Crippen molar-refractivity contribution in [3.63, 3.8) is 0 Å². The van der Waals surface area contributed by atoms with E-state index in [1.54, 1.807) is 0 Å². The first-order chi connectivity index (χ1) is 32.4. The fourth-order valence-corrected chi connectivity index (χ4v) is 9.83. The Labute approximate surface area is 384 Å². The highest BCUT2D eigenvalue weighted by molar-refractivity contribution is 6.13. The minimum absolute atomic E-state index is 0.0478. The molecule has 3 aromatic heterocycles. The van der Waals surface area contributed by atoms with E-state index in [-0.39, 0.29) is 5.41 Å². The Bertz CT molecular complexity index is 3590. The summed E-state index contributed by atoms with van der Waals surface area (Å²) in [5.74, 6) is 0.689. The molecule has 0 bridgehead atoms. The van der Waals surface area contributed by atoms with Crippen LogP contribution < -0.4 is 0 Å². The maximum atomic E-state index is 5.35. The molecule has 0 unspecified atom stereocenters. The molecule has 4 heteroatoms. The second kappa shape index (κ2) is 15.7. The second-order valence-electron chi connectivity index (χ2n) is 18.2. The normalized spacial score (nSPS) is 11.9. The van der Waals surface area contributed by atoms with Crippen molar-refractivity contribution >= 4 is 43.6 Å². The number of hydrogen-bond donors (Lipinski definition) is 0. The van der Waals surface area contributed by atoms with E-state index >= 15 is 0 Å². The van der Waals surface area contributed by atoms with E-state index < -0.39 is 0 Å². The highest BCUT2D eigenvalue weighted by Crippen LogP contribution is 2.45. The summed E-state index contributed by atoms with van der Waals surface area (Å²) in [6, 6.07) is 80.9. The van der Waals surface area contributed by atoms with Crippen LogP contribution in [0, 0.1) is 0 Å². The first-order valence-corrected chi connectivity index (χ1v) is 22.7. The van der Waals surface area contributed by atoms with Gasteiger partial charge in [0.15, 0.2) is 5.82 Å². The predicted molar refractivity (Wildman–Crippen MR) is 277 cm³/mol. The highest BCUT2D eigenvalue weighted by atomic mass is 15.0. The molecule has 3 heterocycles. The number of rotatable bonds is 7. The van der Waals surface area contributed by atoms with E-state index in [1.165, 1.54) is 38.1 Å². The van der Waals surface area contributed by atoms with Gasteiger partial charge in [-0.05, 0) is 82.8 Å². The Morgan fingerprint density at radius 1 is 0.333 bits per heavy atom. The zero-order valence-corrected chi connectivity index (χ0v) is 37.2. The van der Waals surface area contributed by atoms with Gasteiger partial charge in [0, 0.05) is 55.0 Å². The van der Waals surface area contributed by atoms with Crippen LogP contribution in [0.3, 0.4) is 0 Å². The summed E-state index contributed by atoms with van der Waals surface area (Å²) in [7, 11) is 0. The van der Waals surface area contributed by atoms with Crippen LogP contribution in [0.4, 0.5) is 0 Å². The SMILES string of the molecule is CC(C)(C)c1ccc2c(c1)c1cc(-n3c4ccccc4c4ccccc43)ccc1n2-c1c(-c2ccccc2)cc(-c2cc(-c3ccccc3)nc(-c3ccccc3)n2)cc1-c1ccccc1. The molecule has 0 saturated carbocycles. The summed E-state index contributed by atoms with van der Waals surface area (Å²) in [5.41, 5.74) is 17.4. The number of hydrogen-bond acceptors (Lipinski definition) is 2. The van der Waals surface area contributed by atoms with E-state index in [4.69, 9.17) is 9.97 Å². The molecule has 12 aromatic rings. The van der Waals surface area contributed by atoms with Crippen molar-refractivity contribution in [3.05, 3.63) is 230 Å². The summed E-state index contributed by atoms with van der Waals surface area (Å²) in [6.07, 6.45) is 0. The maximum absolute atomic E-state index is 5.35. The fourth-order valence-electron chi connectivity index (χ4n) is 9.83. The Balaban J connectivity index is 1.18. The van der Waals surface area contributed by atoms with Crippen molar-refractivity contribution in [2.75, 3.05) is 0 Å². The maximum Gasteiger partial charge on any atom is 0.160 e. The van der Waals surface area contributed by atoms with Gasteiger partial charge in [0.1, 0.15) is 0 Å². The van der Waals surface area contributed by atoms with Crippen molar-refractivity contribution in [2.24, 2.45) is 0 Å². The van der Waals surface area contributed by atoms with Gasteiger partial charge in [-0.1, -0.05) is 185 Å². The van der Waals surface area contributed by atoms with Crippen LogP contribution >= 0.6 is 0 Å². The van der Waals surface area contributed by atoms with Gasteiger partial charge in [-0.3, -0.25) is 0 Å². The molecule has 0 fully saturated rings. The summed E-state index contributed by atoms with van der Waals surface area (Å²) in [6.45, 7) is 6.91. The third kappa shape index (κ3) is 6.69. The molecule has 0 saturated heterocycles. The summed E-state index contributed by atoms with van der Waals surface area (Å²) >= 11 is 0. The average Bonchev–Trinajstić information content (AvgIpc) is 3.88. The largest absolute Gasteiger partial charge is 0.309 e. The molecule has 0 radical (unpaired) electrons. The van der Waals surface area contributed by atoms with Gasteiger partial charge in [-0.25, -0.2) is 9.97 Å². The molecule has 0 aliphatic heterocycles. The van der Waals surface area contributed by atoms with Gasteiger partial charge in [0.05, 0.1) is 39.1 Å². The Morgan fingerprint density at radius 2 is 0.773 bits per heavy atom. The topological polar surface area (TPSA) is 35.6 Å². The molecule has 0 aliphatic rings. The van der Waals surface area contributed by atoms with Crippen molar-refractivity contribution < 1.29 is 0 Å². The van der Waals surface area contributed by atoms with Crippen LogP contribution in [0.15, 0.2) is 224 Å². The fraction of sp³-hybridized carbons (Fsp3) is 0.0645. The lowest BCUT2D eigenvalue weighted by atomic mass is 9.86. The van der Waals surface area contributed by atoms with Crippen LogP contribution in [0.1, 0.15) is 26.3 Å². The predicted octanol–water partition coefficient (Wildman–Crippen LogP) is 16.3. The lowest BCUT2D eigenvalue weighted by Crippen LogP contribution is -2.10. The number of nitrogens with zero attached hydrogens (tertiary/aromatic N) is 4. The minimum Gasteiger partial charge on any atom is -0.309 e. The number of fused-ring (bicyclic) bond motifs is 6. The zero-order valence-electron chi connectivity index (χ0n) is 37.2. The van der Waals surface area contributed by atoms with Gasteiger partial charge in [-0.2, -0.15) is 0 Å². The van der Waals surface area contributed by atoms with Crippen molar-refractivity contribution in [2.45, 2.75) is 26.2 Å².